The van der Waals surface area contributed by atoms with Crippen LogP contribution in [0.1, 0.15) is 35.4 Å². The van der Waals surface area contributed by atoms with Gasteiger partial charge in [0.2, 0.25) is 0 Å². The summed E-state index contributed by atoms with van der Waals surface area (Å²) in [5.41, 5.74) is 2.93. The number of carboxylic acids is 1. The summed E-state index contributed by atoms with van der Waals surface area (Å²) in [7, 11) is 1.64. The van der Waals surface area contributed by atoms with Gasteiger partial charge in [0.25, 0.3) is 0 Å². The van der Waals surface area contributed by atoms with Crippen LogP contribution in [0, 0.1) is 19.8 Å². The van der Waals surface area contributed by atoms with E-state index in [0.29, 0.717) is 5.92 Å². The van der Waals surface area contributed by atoms with Gasteiger partial charge in [0, 0.05) is 0 Å². The molecule has 1 atom stereocenters. The lowest BCUT2D eigenvalue weighted by molar-refractivity contribution is -0.139. The Morgan fingerprint density at radius 3 is 2.24 bits per heavy atom. The summed E-state index contributed by atoms with van der Waals surface area (Å²) < 4.78 is 5.30. The molecule has 1 aromatic rings. The Bertz CT molecular complexity index is 424. The van der Waals surface area contributed by atoms with E-state index in [1.165, 1.54) is 0 Å². The van der Waals surface area contributed by atoms with E-state index in [9.17, 15) is 9.90 Å². The second-order valence-corrected chi connectivity index (χ2v) is 4.84. The lowest BCUT2D eigenvalue weighted by Gasteiger charge is -2.16. The molecule has 0 bridgehead atoms. The van der Waals surface area contributed by atoms with Crippen LogP contribution < -0.4 is 4.74 Å². The van der Waals surface area contributed by atoms with Crippen molar-refractivity contribution in [1.82, 2.24) is 0 Å². The van der Waals surface area contributed by atoms with E-state index in [1.54, 1.807) is 7.11 Å². The summed E-state index contributed by atoms with van der Waals surface area (Å²) in [6, 6.07) is 3.89. The third-order valence-electron chi connectivity index (χ3n) is 3.41. The third kappa shape index (κ3) is 2.28. The summed E-state index contributed by atoms with van der Waals surface area (Å²) >= 11 is 0. The van der Waals surface area contributed by atoms with Crippen LogP contribution in [0.5, 0.6) is 5.75 Å². The number of hydrogen-bond donors (Lipinski definition) is 1. The Morgan fingerprint density at radius 1 is 1.35 bits per heavy atom. The number of carboxylic acid groups (broad SMARTS) is 1. The molecule has 3 heteroatoms. The maximum Gasteiger partial charge on any atom is 0.311 e. The number of rotatable bonds is 4. The largest absolute Gasteiger partial charge is 0.496 e. The second-order valence-electron chi connectivity index (χ2n) is 4.84. The van der Waals surface area contributed by atoms with Crippen molar-refractivity contribution in [2.75, 3.05) is 7.11 Å². The van der Waals surface area contributed by atoms with Crippen molar-refractivity contribution in [3.8, 4) is 5.75 Å². The highest BCUT2D eigenvalue weighted by atomic mass is 16.5. The van der Waals surface area contributed by atoms with Gasteiger partial charge in [-0.15, -0.1) is 0 Å². The first-order valence-corrected chi connectivity index (χ1v) is 5.92. The summed E-state index contributed by atoms with van der Waals surface area (Å²) in [6.07, 6.45) is 2.06. The van der Waals surface area contributed by atoms with Crippen molar-refractivity contribution in [3.63, 3.8) is 0 Å². The molecule has 1 aromatic carbocycles. The standard InChI is InChI=1S/C14H18O3/c1-8-6-11(7-9(2)13(8)17-3)12(14(15)16)10-4-5-10/h6-7,10,12H,4-5H2,1-3H3,(H,15,16). The van der Waals surface area contributed by atoms with Gasteiger partial charge in [-0.2, -0.15) is 0 Å². The highest BCUT2D eigenvalue weighted by Gasteiger charge is 2.37. The first-order chi connectivity index (χ1) is 8.04. The van der Waals surface area contributed by atoms with E-state index in [2.05, 4.69) is 0 Å². The zero-order valence-corrected chi connectivity index (χ0v) is 10.5. The van der Waals surface area contributed by atoms with Gasteiger partial charge in [-0.3, -0.25) is 4.79 Å². The molecule has 3 nitrogen and oxygen atoms in total. The molecule has 0 aliphatic heterocycles. The van der Waals surface area contributed by atoms with Gasteiger partial charge in [-0.05, 0) is 49.3 Å². The van der Waals surface area contributed by atoms with E-state index in [-0.39, 0.29) is 5.92 Å². The molecule has 92 valence electrons. The highest BCUT2D eigenvalue weighted by Crippen LogP contribution is 2.43. The molecule has 1 fully saturated rings. The Balaban J connectivity index is 2.41. The van der Waals surface area contributed by atoms with Crippen molar-refractivity contribution < 1.29 is 14.6 Å². The lowest BCUT2D eigenvalue weighted by Crippen LogP contribution is -2.14. The Labute approximate surface area is 101 Å². The number of aryl methyl sites for hydroxylation is 2. The van der Waals surface area contributed by atoms with Gasteiger partial charge in [0.05, 0.1) is 13.0 Å². The van der Waals surface area contributed by atoms with Crippen molar-refractivity contribution in [2.45, 2.75) is 32.6 Å². The van der Waals surface area contributed by atoms with Crippen LogP contribution in [0.4, 0.5) is 0 Å². The predicted molar refractivity (Wildman–Crippen MR) is 65.6 cm³/mol. The summed E-state index contributed by atoms with van der Waals surface area (Å²) in [4.78, 5) is 11.3. The molecule has 1 aliphatic carbocycles. The molecule has 0 aromatic heterocycles. The number of methoxy groups -OCH3 is 1. The average Bonchev–Trinajstić information content (AvgIpc) is 3.01. The minimum Gasteiger partial charge on any atom is -0.496 e. The maximum atomic E-state index is 11.3. The van der Waals surface area contributed by atoms with E-state index < -0.39 is 5.97 Å². The van der Waals surface area contributed by atoms with Crippen molar-refractivity contribution >= 4 is 5.97 Å². The highest BCUT2D eigenvalue weighted by molar-refractivity contribution is 5.77. The molecule has 0 radical (unpaired) electrons. The Hall–Kier alpha value is -1.51. The quantitative estimate of drug-likeness (QED) is 0.871. The summed E-state index contributed by atoms with van der Waals surface area (Å²) in [5, 5.41) is 9.31. The number of carbonyl (C=O) groups is 1. The lowest BCUT2D eigenvalue weighted by atomic mass is 9.91. The second kappa shape index (κ2) is 4.40. The monoisotopic (exact) mass is 234 g/mol. The van der Waals surface area contributed by atoms with Crippen LogP contribution in [0.2, 0.25) is 0 Å². The SMILES string of the molecule is COc1c(C)cc(C(C(=O)O)C2CC2)cc1C. The first kappa shape index (κ1) is 12.0. The van der Waals surface area contributed by atoms with E-state index in [0.717, 1.165) is 35.3 Å². The van der Waals surface area contributed by atoms with Crippen molar-refractivity contribution in [3.05, 3.63) is 28.8 Å². The molecule has 0 saturated heterocycles. The fraction of sp³-hybridized carbons (Fsp3) is 0.500. The fourth-order valence-corrected chi connectivity index (χ4v) is 2.53. The molecular formula is C14H18O3. The van der Waals surface area contributed by atoms with Gasteiger partial charge >= 0.3 is 5.97 Å². The zero-order valence-electron chi connectivity index (χ0n) is 10.5. The fourth-order valence-electron chi connectivity index (χ4n) is 2.53. The number of aliphatic carboxylic acids is 1. The summed E-state index contributed by atoms with van der Waals surface area (Å²) in [5.74, 6) is 0.114. The summed E-state index contributed by atoms with van der Waals surface area (Å²) in [6.45, 7) is 3.92. The molecular weight excluding hydrogens is 216 g/mol. The van der Waals surface area contributed by atoms with Crippen molar-refractivity contribution in [1.29, 1.82) is 0 Å². The molecule has 0 amide bonds. The van der Waals surface area contributed by atoms with Crippen LogP contribution in [-0.2, 0) is 4.79 Å². The van der Waals surface area contributed by atoms with E-state index >= 15 is 0 Å². The maximum absolute atomic E-state index is 11.3. The molecule has 17 heavy (non-hydrogen) atoms. The molecule has 0 spiro atoms. The molecule has 1 unspecified atom stereocenters. The van der Waals surface area contributed by atoms with Crippen LogP contribution in [0.25, 0.3) is 0 Å². The topological polar surface area (TPSA) is 46.5 Å². The number of hydrogen-bond acceptors (Lipinski definition) is 2. The molecule has 2 rings (SSSR count). The Kier molecular flexibility index (Phi) is 3.09. The first-order valence-electron chi connectivity index (χ1n) is 5.92. The van der Waals surface area contributed by atoms with Gasteiger partial charge in [0.1, 0.15) is 5.75 Å². The predicted octanol–water partition coefficient (Wildman–Crippen LogP) is 2.89. The molecule has 0 heterocycles. The van der Waals surface area contributed by atoms with E-state index in [1.807, 2.05) is 26.0 Å². The van der Waals surface area contributed by atoms with Crippen LogP contribution in [0.3, 0.4) is 0 Å². The van der Waals surface area contributed by atoms with Crippen LogP contribution >= 0.6 is 0 Å². The van der Waals surface area contributed by atoms with Gasteiger partial charge in [-0.1, -0.05) is 12.1 Å². The van der Waals surface area contributed by atoms with Gasteiger partial charge in [-0.25, -0.2) is 0 Å². The number of benzene rings is 1. The van der Waals surface area contributed by atoms with Gasteiger partial charge in [0.15, 0.2) is 0 Å². The third-order valence-corrected chi connectivity index (χ3v) is 3.41. The number of ether oxygens (including phenoxy) is 1. The van der Waals surface area contributed by atoms with E-state index in [4.69, 9.17) is 4.74 Å². The minimum atomic E-state index is -0.712. The van der Waals surface area contributed by atoms with Crippen LogP contribution in [0.15, 0.2) is 12.1 Å². The average molecular weight is 234 g/mol. The van der Waals surface area contributed by atoms with Crippen molar-refractivity contribution in [2.24, 2.45) is 5.92 Å². The smallest absolute Gasteiger partial charge is 0.311 e. The Morgan fingerprint density at radius 2 is 1.88 bits per heavy atom. The van der Waals surface area contributed by atoms with Gasteiger partial charge < -0.3 is 9.84 Å². The minimum absolute atomic E-state index is 0.319. The normalized spacial score (nSPS) is 16.6. The molecule has 1 saturated carbocycles. The van der Waals surface area contributed by atoms with Crippen LogP contribution in [-0.4, -0.2) is 18.2 Å². The molecule has 1 N–H and O–H groups in total. The zero-order chi connectivity index (χ0) is 12.6. The molecule has 1 aliphatic rings.